The summed E-state index contributed by atoms with van der Waals surface area (Å²) in [7, 11) is 4.37. The predicted molar refractivity (Wildman–Crippen MR) is 93.3 cm³/mol. The third-order valence-electron chi connectivity index (χ3n) is 4.99. The first kappa shape index (κ1) is 13.5. The molecule has 0 radical (unpaired) electrons. The van der Waals surface area contributed by atoms with Crippen LogP contribution in [-0.4, -0.2) is 19.0 Å². The van der Waals surface area contributed by atoms with Crippen molar-refractivity contribution in [2.75, 3.05) is 14.1 Å². The van der Waals surface area contributed by atoms with Gasteiger partial charge in [0.05, 0.1) is 0 Å². The van der Waals surface area contributed by atoms with E-state index in [1.54, 1.807) is 0 Å². The highest BCUT2D eigenvalue weighted by atomic mass is 15.1. The standard InChI is InChI=1S/C21H21N/c1-22(2)21-14-20(18-9-5-6-10-19(18)21)17-12-11-15-7-3-4-8-16(15)13-17/h3-13,20-21H,14H2,1-2H3/t20-,21-/m0/s1. The van der Waals surface area contributed by atoms with E-state index in [4.69, 9.17) is 0 Å². The molecule has 0 saturated heterocycles. The van der Waals surface area contributed by atoms with Crippen LogP contribution in [-0.2, 0) is 0 Å². The Hall–Kier alpha value is -2.12. The molecular weight excluding hydrogens is 266 g/mol. The monoisotopic (exact) mass is 287 g/mol. The number of rotatable bonds is 2. The first-order chi connectivity index (χ1) is 10.7. The fraction of sp³-hybridized carbons (Fsp3) is 0.238. The van der Waals surface area contributed by atoms with Gasteiger partial charge in [-0.1, -0.05) is 66.7 Å². The number of benzene rings is 3. The smallest absolute Gasteiger partial charge is 0.0354 e. The minimum absolute atomic E-state index is 0.508. The predicted octanol–water partition coefficient (Wildman–Crippen LogP) is 4.98. The molecule has 1 heteroatoms. The third kappa shape index (κ3) is 2.13. The molecule has 22 heavy (non-hydrogen) atoms. The van der Waals surface area contributed by atoms with E-state index < -0.39 is 0 Å². The van der Waals surface area contributed by atoms with Gasteiger partial charge < -0.3 is 4.90 Å². The molecule has 1 aliphatic rings. The summed E-state index contributed by atoms with van der Waals surface area (Å²) in [6.45, 7) is 0. The molecule has 0 N–H and O–H groups in total. The average Bonchev–Trinajstić information content (AvgIpc) is 2.94. The SMILES string of the molecule is CN(C)[C@H]1C[C@@H](c2ccc3ccccc3c2)c2ccccc21. The first-order valence-electron chi connectivity index (χ1n) is 7.98. The number of nitrogens with zero attached hydrogens (tertiary/aromatic N) is 1. The summed E-state index contributed by atoms with van der Waals surface area (Å²) in [5.41, 5.74) is 4.43. The van der Waals surface area contributed by atoms with Crippen LogP contribution in [0.4, 0.5) is 0 Å². The average molecular weight is 287 g/mol. The number of hydrogen-bond acceptors (Lipinski definition) is 1. The Balaban J connectivity index is 1.81. The van der Waals surface area contributed by atoms with Gasteiger partial charge in [0.1, 0.15) is 0 Å². The molecule has 0 fully saturated rings. The van der Waals surface area contributed by atoms with E-state index in [0.29, 0.717) is 12.0 Å². The quantitative estimate of drug-likeness (QED) is 0.642. The highest BCUT2D eigenvalue weighted by Crippen LogP contribution is 2.46. The van der Waals surface area contributed by atoms with E-state index in [1.807, 2.05) is 0 Å². The summed E-state index contributed by atoms with van der Waals surface area (Å²) in [5, 5.41) is 2.66. The van der Waals surface area contributed by atoms with Gasteiger partial charge in [0.2, 0.25) is 0 Å². The summed E-state index contributed by atoms with van der Waals surface area (Å²) in [5.74, 6) is 0.508. The Morgan fingerprint density at radius 1 is 0.773 bits per heavy atom. The van der Waals surface area contributed by atoms with Crippen molar-refractivity contribution in [2.45, 2.75) is 18.4 Å². The van der Waals surface area contributed by atoms with Crippen LogP contribution in [0.3, 0.4) is 0 Å². The van der Waals surface area contributed by atoms with Crippen LogP contribution in [0.1, 0.15) is 35.1 Å². The summed E-state index contributed by atoms with van der Waals surface area (Å²) < 4.78 is 0. The Kier molecular flexibility index (Phi) is 3.24. The van der Waals surface area contributed by atoms with Crippen molar-refractivity contribution in [1.29, 1.82) is 0 Å². The van der Waals surface area contributed by atoms with Crippen molar-refractivity contribution in [3.8, 4) is 0 Å². The molecule has 2 atom stereocenters. The molecule has 0 aliphatic heterocycles. The van der Waals surface area contributed by atoms with Crippen LogP contribution in [0.5, 0.6) is 0 Å². The molecule has 0 unspecified atom stereocenters. The lowest BCUT2D eigenvalue weighted by Gasteiger charge is -2.20. The zero-order chi connectivity index (χ0) is 15.1. The van der Waals surface area contributed by atoms with Crippen molar-refractivity contribution in [3.63, 3.8) is 0 Å². The second-order valence-electron chi connectivity index (χ2n) is 6.50. The molecule has 3 aromatic rings. The molecule has 0 spiro atoms. The summed E-state index contributed by atoms with van der Waals surface area (Å²) in [6.07, 6.45) is 1.17. The van der Waals surface area contributed by atoms with Gasteiger partial charge in [-0.3, -0.25) is 0 Å². The summed E-state index contributed by atoms with van der Waals surface area (Å²) in [4.78, 5) is 2.35. The Labute approximate surface area is 132 Å². The second kappa shape index (κ2) is 5.26. The summed E-state index contributed by atoms with van der Waals surface area (Å²) >= 11 is 0. The van der Waals surface area contributed by atoms with Gasteiger partial charge in [-0.25, -0.2) is 0 Å². The fourth-order valence-corrected chi connectivity index (χ4v) is 3.84. The molecular formula is C21H21N. The van der Waals surface area contributed by atoms with E-state index in [0.717, 1.165) is 0 Å². The van der Waals surface area contributed by atoms with E-state index in [1.165, 1.54) is 33.9 Å². The molecule has 0 amide bonds. The lowest BCUT2D eigenvalue weighted by Crippen LogP contribution is -2.17. The van der Waals surface area contributed by atoms with E-state index in [9.17, 15) is 0 Å². The zero-order valence-corrected chi connectivity index (χ0v) is 13.2. The summed E-state index contributed by atoms with van der Waals surface area (Å²) in [6, 6.07) is 25.0. The van der Waals surface area contributed by atoms with Gasteiger partial charge >= 0.3 is 0 Å². The minimum Gasteiger partial charge on any atom is -0.302 e. The first-order valence-corrected chi connectivity index (χ1v) is 7.98. The minimum atomic E-state index is 0.508. The van der Waals surface area contributed by atoms with Crippen molar-refractivity contribution in [1.82, 2.24) is 4.90 Å². The van der Waals surface area contributed by atoms with Gasteiger partial charge in [0, 0.05) is 12.0 Å². The Bertz CT molecular complexity index is 819. The highest BCUT2D eigenvalue weighted by Gasteiger charge is 2.32. The van der Waals surface area contributed by atoms with E-state index in [2.05, 4.69) is 85.7 Å². The molecule has 3 aromatic carbocycles. The van der Waals surface area contributed by atoms with E-state index >= 15 is 0 Å². The van der Waals surface area contributed by atoms with Crippen LogP contribution in [0.2, 0.25) is 0 Å². The van der Waals surface area contributed by atoms with Crippen molar-refractivity contribution in [3.05, 3.63) is 83.4 Å². The Morgan fingerprint density at radius 2 is 1.45 bits per heavy atom. The second-order valence-corrected chi connectivity index (χ2v) is 6.50. The third-order valence-corrected chi connectivity index (χ3v) is 4.99. The molecule has 0 heterocycles. The molecule has 1 nitrogen and oxygen atoms in total. The Morgan fingerprint density at radius 3 is 2.23 bits per heavy atom. The van der Waals surface area contributed by atoms with Gasteiger partial charge in [0.15, 0.2) is 0 Å². The molecule has 1 aliphatic carbocycles. The van der Waals surface area contributed by atoms with Crippen LogP contribution < -0.4 is 0 Å². The molecule has 0 saturated carbocycles. The van der Waals surface area contributed by atoms with Crippen molar-refractivity contribution >= 4 is 10.8 Å². The van der Waals surface area contributed by atoms with Crippen LogP contribution in [0.15, 0.2) is 66.7 Å². The van der Waals surface area contributed by atoms with Crippen LogP contribution in [0, 0.1) is 0 Å². The van der Waals surface area contributed by atoms with Gasteiger partial charge in [-0.05, 0) is 48.0 Å². The zero-order valence-electron chi connectivity index (χ0n) is 13.2. The van der Waals surface area contributed by atoms with Gasteiger partial charge in [-0.15, -0.1) is 0 Å². The normalized spacial score (nSPS) is 20.5. The molecule has 4 rings (SSSR count). The van der Waals surface area contributed by atoms with E-state index in [-0.39, 0.29) is 0 Å². The maximum Gasteiger partial charge on any atom is 0.0354 e. The maximum absolute atomic E-state index is 2.37. The van der Waals surface area contributed by atoms with Gasteiger partial charge in [0.25, 0.3) is 0 Å². The van der Waals surface area contributed by atoms with Gasteiger partial charge in [-0.2, -0.15) is 0 Å². The molecule has 110 valence electrons. The van der Waals surface area contributed by atoms with Crippen molar-refractivity contribution in [2.24, 2.45) is 0 Å². The van der Waals surface area contributed by atoms with Crippen LogP contribution >= 0.6 is 0 Å². The lowest BCUT2D eigenvalue weighted by molar-refractivity contribution is 0.293. The van der Waals surface area contributed by atoms with Crippen molar-refractivity contribution < 1.29 is 0 Å². The lowest BCUT2D eigenvalue weighted by atomic mass is 9.91. The maximum atomic E-state index is 2.37. The highest BCUT2D eigenvalue weighted by molar-refractivity contribution is 5.83. The number of fused-ring (bicyclic) bond motifs is 2. The molecule has 0 aromatic heterocycles. The largest absolute Gasteiger partial charge is 0.302 e. The fourth-order valence-electron chi connectivity index (χ4n) is 3.84. The number of hydrogen-bond donors (Lipinski definition) is 0. The molecule has 0 bridgehead atoms. The van der Waals surface area contributed by atoms with Crippen LogP contribution in [0.25, 0.3) is 10.8 Å². The topological polar surface area (TPSA) is 3.24 Å².